The van der Waals surface area contributed by atoms with Gasteiger partial charge in [-0.25, -0.2) is 9.97 Å². The van der Waals surface area contributed by atoms with E-state index in [1.807, 2.05) is 198 Å². The summed E-state index contributed by atoms with van der Waals surface area (Å²) in [6.07, 6.45) is 3.61. The molecule has 0 N–H and O–H groups in total. The van der Waals surface area contributed by atoms with Crippen molar-refractivity contribution in [3.05, 3.63) is 486 Å². The second-order valence-corrected chi connectivity index (χ2v) is 33.9. The van der Waals surface area contributed by atoms with Gasteiger partial charge in [-0.05, 0) is 140 Å². The van der Waals surface area contributed by atoms with Crippen molar-refractivity contribution >= 4 is 133 Å². The van der Waals surface area contributed by atoms with Crippen LogP contribution in [0.2, 0.25) is 0 Å². The Balaban J connectivity index is 0.000000169. The number of rotatable bonds is 16. The van der Waals surface area contributed by atoms with E-state index in [2.05, 4.69) is 154 Å². The van der Waals surface area contributed by atoms with Crippen LogP contribution in [0, 0.1) is 37.6 Å². The average Bonchev–Trinajstić information content (AvgIpc) is 1.55. The van der Waals surface area contributed by atoms with Gasteiger partial charge < -0.3 is 47.3 Å². The van der Waals surface area contributed by atoms with Gasteiger partial charge in [0.15, 0.2) is 0 Å². The van der Waals surface area contributed by atoms with Gasteiger partial charge in [-0.3, -0.25) is 0 Å². The van der Waals surface area contributed by atoms with Crippen LogP contribution in [-0.2, 0) is 47.5 Å². The monoisotopic (exact) mass is 2150 g/mol. The van der Waals surface area contributed by atoms with Crippen molar-refractivity contribution in [3.63, 3.8) is 0 Å². The number of hydrogen-bond donors (Lipinski definition) is 0. The Kier molecular flexibility index (Phi) is 17.1. The first kappa shape index (κ1) is 66.1. The van der Waals surface area contributed by atoms with Crippen LogP contribution in [0.5, 0.6) is 23.0 Å². The van der Waals surface area contributed by atoms with E-state index in [4.69, 9.17) is 46.9 Å². The van der Waals surface area contributed by atoms with Gasteiger partial charge in [0, 0.05) is 189 Å². The summed E-state index contributed by atoms with van der Waals surface area (Å²) in [4.78, 5) is 17.0. The predicted molar refractivity (Wildman–Crippen MR) is 558 cm³/mol. The molecule has 0 saturated carbocycles. The van der Waals surface area contributed by atoms with Crippen molar-refractivity contribution in [2.45, 2.75) is 26.2 Å². The van der Waals surface area contributed by atoms with Crippen molar-refractivity contribution in [2.75, 3.05) is 19.6 Å². The van der Waals surface area contributed by atoms with Crippen LogP contribution in [-0.4, -0.2) is 28.2 Å². The molecule has 14 heteroatoms. The molecule has 0 atom stereocenters. The zero-order valence-electron chi connectivity index (χ0n) is 93.7. The Morgan fingerprint density at radius 2 is 0.587 bits per heavy atom. The summed E-state index contributed by atoms with van der Waals surface area (Å²) in [5.74, 6) is 2.97. The van der Waals surface area contributed by atoms with Crippen molar-refractivity contribution in [3.8, 4) is 90.5 Å². The van der Waals surface area contributed by atoms with E-state index < -0.39 is 121 Å². The summed E-state index contributed by atoms with van der Waals surface area (Å²) < 4.78 is 199. The van der Waals surface area contributed by atoms with E-state index >= 15 is 0 Å². The van der Waals surface area contributed by atoms with E-state index in [1.165, 1.54) is 0 Å². The maximum Gasteiger partial charge on any atom is 0.135 e. The van der Waals surface area contributed by atoms with E-state index in [-0.39, 0.29) is 103 Å². The standard InChI is InChI=1S/C64H46N5O.C60H38N5O.2Pt/c1-64(2,3)45-36-37-65-62(38-45)69-56-33-15-12-28-52(56)53-40-60(68-54-31-13-10-26-50(54)51-27-11-14-32-55(51)68)61(41-59(53)69)70-47-25-18-24-46(39-47)66-42-67(58-35-17-16-34-57(58)66)63-48(43-20-6-4-7-21-43)29-19-30-49(63)44-22-8-5-9-23-44;1-3-19-41(20-4-1)45-28-18-29-46(42-21-5-2-6-22-42)60(45)63-40-62(54-33-13-14-34-55(54)63)43-23-17-24-44(37-43)66-58-39-56-50(49-27-9-12-32-53(49)65(56)59-35-15-16-36-61-59)38-57(58)64-51-30-10-7-25-47(51)48-26-8-11-31-52(48)64;;/h4-38,40,42H,1-3H3;1-36,38,40H;;/q2*-3;;/i4D,5D,6D,7D,8D,9D,20D,21D,22D,23D;1D,2D,3D,4D,5D,6D,19D,20D,21D,22D;;. The van der Waals surface area contributed by atoms with Gasteiger partial charge in [-0.2, -0.15) is 12.1 Å². The van der Waals surface area contributed by atoms with E-state index in [0.717, 1.165) is 110 Å². The third-order valence-electron chi connectivity index (χ3n) is 25.0. The van der Waals surface area contributed by atoms with Crippen molar-refractivity contribution < 1.29 is 79.0 Å². The third-order valence-corrected chi connectivity index (χ3v) is 25.0. The van der Waals surface area contributed by atoms with Crippen molar-refractivity contribution in [1.82, 2.24) is 28.2 Å². The fourth-order valence-corrected chi connectivity index (χ4v) is 19.0. The Labute approximate surface area is 856 Å². The Morgan fingerprint density at radius 3 is 0.942 bits per heavy atom. The van der Waals surface area contributed by atoms with E-state index in [9.17, 15) is 0 Å². The quantitative estimate of drug-likeness (QED) is 0.0886. The summed E-state index contributed by atoms with van der Waals surface area (Å²) in [6, 6.07) is 104. The summed E-state index contributed by atoms with van der Waals surface area (Å²) in [5.41, 5.74) is 13.8. The molecule has 0 saturated heterocycles. The maximum atomic E-state index is 9.13. The zero-order valence-corrected chi connectivity index (χ0v) is 78.2. The molecular formula is C124H84N10O2Pt2-6. The number of nitrogens with zero attached hydrogens (tertiary/aromatic N) is 10. The van der Waals surface area contributed by atoms with Crippen LogP contribution in [0.15, 0.2) is 443 Å². The van der Waals surface area contributed by atoms with Crippen LogP contribution in [0.4, 0.5) is 45.5 Å². The Morgan fingerprint density at radius 1 is 0.275 bits per heavy atom. The number of hydrogen-bond acceptors (Lipinski definition) is 8. The third kappa shape index (κ3) is 14.9. The summed E-state index contributed by atoms with van der Waals surface area (Å²) >= 11 is 0. The van der Waals surface area contributed by atoms with Gasteiger partial charge in [-0.1, -0.05) is 339 Å². The first-order valence-corrected chi connectivity index (χ1v) is 44.3. The number of pyridine rings is 2. The average molecular weight is 2160 g/mol. The molecule has 12 nitrogen and oxygen atoms in total. The molecule has 0 fully saturated rings. The van der Waals surface area contributed by atoms with Crippen LogP contribution in [0.25, 0.3) is 155 Å². The van der Waals surface area contributed by atoms with Crippen molar-refractivity contribution in [1.29, 1.82) is 0 Å². The fraction of sp³-hybridized carbons (Fsp3) is 0.0323. The van der Waals surface area contributed by atoms with Gasteiger partial charge in [0.05, 0.1) is 27.4 Å². The van der Waals surface area contributed by atoms with Crippen LogP contribution in [0.3, 0.4) is 0 Å². The first-order chi connectivity index (χ1) is 75.4. The minimum Gasteiger partial charge on any atom is -0.507 e. The molecule has 18 aromatic carbocycles. The molecule has 0 amide bonds. The Hall–Kier alpha value is -16.4. The van der Waals surface area contributed by atoms with E-state index in [0.29, 0.717) is 62.9 Å². The van der Waals surface area contributed by atoms with Crippen LogP contribution >= 0.6 is 0 Å². The smallest absolute Gasteiger partial charge is 0.135 e. The molecule has 6 aromatic heterocycles. The number of ether oxygens (including phenoxy) is 2. The van der Waals surface area contributed by atoms with Gasteiger partial charge >= 0.3 is 0 Å². The van der Waals surface area contributed by atoms with Gasteiger partial charge in [0.2, 0.25) is 0 Å². The van der Waals surface area contributed by atoms with Crippen molar-refractivity contribution in [2.24, 2.45) is 0 Å². The summed E-state index contributed by atoms with van der Waals surface area (Å²) in [6.45, 7) is 10.0. The number of fused-ring (bicyclic) bond motifs is 14. The summed E-state index contributed by atoms with van der Waals surface area (Å²) in [5, 5.41) is 8.21. The predicted octanol–water partition coefficient (Wildman–Crippen LogP) is 32.1. The molecule has 0 spiro atoms. The molecule has 138 heavy (non-hydrogen) atoms. The second-order valence-electron chi connectivity index (χ2n) is 33.9. The number of aromatic nitrogens is 6. The molecule has 668 valence electrons. The topological polar surface area (TPSA) is 76.9 Å². The maximum absolute atomic E-state index is 9.13. The molecule has 0 radical (unpaired) electrons. The molecule has 8 heterocycles. The van der Waals surface area contributed by atoms with E-state index in [1.54, 1.807) is 65.7 Å². The number of benzene rings is 18. The SMILES string of the molecule is [2H]c1c([2H])c([2H])c(-c2cccc(-c3c([2H])c([2H])c([2H])c([2H])c3[2H])c2N2[CH-]N(c3[c-]c(Oc4[c-]c5c(cc4-n4c6ccccc6c6ccccc64)c4ccccc4n5-c4cc(C(C)(C)C)ccn4)ccc3)c3ccccc32)c([2H])c1[2H].[2H]c1c([2H])c([2H])c(-c2cccc(-c3c([2H])c([2H])c([2H])c([2H])c3[2H])c2N2[CH-]N(c3[c-]c(Oc4[c-]c5c(cc4-n4c6ccccc6c6ccccc64)c4ccccc4n5-c4ccccn4)ccc3)c3ccccc32)c([2H])c1[2H].[Pt].[Pt]. The number of anilines is 8. The van der Waals surface area contributed by atoms with Gasteiger partial charge in [0.25, 0.3) is 0 Å². The molecule has 26 rings (SSSR count). The molecule has 0 aliphatic carbocycles. The minimum absolute atomic E-state index is 0. The molecular weight excluding hydrogens is 2050 g/mol. The van der Waals surface area contributed by atoms with Gasteiger partial charge in [-0.15, -0.1) is 85.4 Å². The zero-order chi connectivity index (χ0) is 108. The second kappa shape index (κ2) is 35.8. The molecule has 2 aliphatic heterocycles. The summed E-state index contributed by atoms with van der Waals surface area (Å²) in [7, 11) is 0. The Bertz CT molecular complexity index is 9740. The molecule has 0 unspecified atom stereocenters. The molecule has 0 bridgehead atoms. The van der Waals surface area contributed by atoms with Crippen LogP contribution < -0.4 is 29.1 Å². The fourth-order valence-electron chi connectivity index (χ4n) is 19.0. The molecule has 24 aromatic rings. The minimum atomic E-state index is -0.570. The molecule has 2 aliphatic rings. The normalized spacial score (nSPS) is 14.4. The number of para-hydroxylation sites is 12. The first-order valence-electron chi connectivity index (χ1n) is 54.3. The van der Waals surface area contributed by atoms with Crippen LogP contribution in [0.1, 0.15) is 53.7 Å². The largest absolute Gasteiger partial charge is 0.507 e. The van der Waals surface area contributed by atoms with Gasteiger partial charge in [0.1, 0.15) is 11.6 Å².